The van der Waals surface area contributed by atoms with Crippen LogP contribution in [-0.2, 0) is 0 Å². The maximum Gasteiger partial charge on any atom is 0.227 e. The van der Waals surface area contributed by atoms with Crippen molar-refractivity contribution in [3.05, 3.63) is 70.9 Å². The first-order valence-corrected chi connectivity index (χ1v) is 10.2. The van der Waals surface area contributed by atoms with E-state index in [0.717, 1.165) is 49.3 Å². The van der Waals surface area contributed by atoms with Crippen molar-refractivity contribution in [2.24, 2.45) is 0 Å². The van der Waals surface area contributed by atoms with Gasteiger partial charge >= 0.3 is 0 Å². The lowest BCUT2D eigenvalue weighted by Crippen LogP contribution is -2.47. The van der Waals surface area contributed by atoms with E-state index < -0.39 is 0 Å². The molecule has 150 valence electrons. The topological polar surface area (TPSA) is 44.3 Å². The molecule has 4 rings (SSSR count). The molecule has 0 bridgehead atoms. The van der Waals surface area contributed by atoms with Gasteiger partial charge in [0.1, 0.15) is 5.82 Å². The Kier molecular flexibility index (Phi) is 5.38. The molecule has 1 fully saturated rings. The molecule has 2 aromatic carbocycles. The maximum absolute atomic E-state index is 4.82. The van der Waals surface area contributed by atoms with Gasteiger partial charge in [-0.1, -0.05) is 24.3 Å². The van der Waals surface area contributed by atoms with Gasteiger partial charge in [-0.05, 0) is 62.6 Å². The molecule has 5 heteroatoms. The summed E-state index contributed by atoms with van der Waals surface area (Å²) in [6.07, 6.45) is 0. The molecule has 0 saturated carbocycles. The second-order valence-corrected chi connectivity index (χ2v) is 7.88. The van der Waals surface area contributed by atoms with Crippen molar-refractivity contribution in [3.63, 3.8) is 0 Å². The van der Waals surface area contributed by atoms with E-state index in [1.54, 1.807) is 0 Å². The first-order chi connectivity index (χ1) is 14.0. The van der Waals surface area contributed by atoms with Crippen molar-refractivity contribution in [2.45, 2.75) is 27.7 Å². The summed E-state index contributed by atoms with van der Waals surface area (Å²) in [7, 11) is 0. The first-order valence-electron chi connectivity index (χ1n) is 10.2. The molecule has 0 amide bonds. The summed E-state index contributed by atoms with van der Waals surface area (Å²) in [5.41, 5.74) is 7.19. The summed E-state index contributed by atoms with van der Waals surface area (Å²) in [5, 5.41) is 3.49. The minimum atomic E-state index is 0.807. The van der Waals surface area contributed by atoms with Gasteiger partial charge in [-0.3, -0.25) is 0 Å². The van der Waals surface area contributed by atoms with Crippen LogP contribution < -0.4 is 15.1 Å². The van der Waals surface area contributed by atoms with Gasteiger partial charge in [-0.2, -0.15) is 4.98 Å². The summed E-state index contributed by atoms with van der Waals surface area (Å²) >= 11 is 0. The molecule has 0 unspecified atom stereocenters. The molecule has 1 saturated heterocycles. The molecule has 0 spiro atoms. The van der Waals surface area contributed by atoms with Gasteiger partial charge in [0.05, 0.1) is 0 Å². The molecule has 1 aliphatic rings. The van der Waals surface area contributed by atoms with E-state index in [4.69, 9.17) is 9.97 Å². The highest BCUT2D eigenvalue weighted by Crippen LogP contribution is 2.24. The molecule has 1 aliphatic heterocycles. The van der Waals surface area contributed by atoms with Gasteiger partial charge in [0, 0.05) is 49.3 Å². The molecule has 2 heterocycles. The van der Waals surface area contributed by atoms with Gasteiger partial charge in [-0.25, -0.2) is 4.98 Å². The van der Waals surface area contributed by atoms with E-state index in [1.807, 2.05) is 13.0 Å². The molecule has 29 heavy (non-hydrogen) atoms. The molecule has 1 aromatic heterocycles. The largest absolute Gasteiger partial charge is 0.368 e. The third kappa shape index (κ3) is 4.34. The lowest BCUT2D eigenvalue weighted by Gasteiger charge is -2.36. The molecule has 0 atom stereocenters. The third-order valence-electron chi connectivity index (χ3n) is 5.64. The third-order valence-corrected chi connectivity index (χ3v) is 5.64. The predicted octanol–water partition coefficient (Wildman–Crippen LogP) is 4.78. The van der Waals surface area contributed by atoms with Crippen LogP contribution in [0, 0.1) is 27.7 Å². The van der Waals surface area contributed by atoms with Gasteiger partial charge in [0.15, 0.2) is 0 Å². The smallest absolute Gasteiger partial charge is 0.227 e. The number of nitrogens with one attached hydrogen (secondary N) is 1. The fourth-order valence-corrected chi connectivity index (χ4v) is 3.77. The normalized spacial score (nSPS) is 14.2. The highest BCUT2D eigenvalue weighted by molar-refractivity contribution is 5.63. The average Bonchev–Trinajstić information content (AvgIpc) is 2.71. The van der Waals surface area contributed by atoms with Crippen LogP contribution in [0.2, 0.25) is 0 Å². The Bertz CT molecular complexity index is 1010. The molecular formula is C24H29N5. The van der Waals surface area contributed by atoms with E-state index in [0.29, 0.717) is 0 Å². The Morgan fingerprint density at radius 3 is 2.28 bits per heavy atom. The highest BCUT2D eigenvalue weighted by atomic mass is 15.3. The number of aromatic nitrogens is 2. The summed E-state index contributed by atoms with van der Waals surface area (Å²) < 4.78 is 0. The monoisotopic (exact) mass is 387 g/mol. The maximum atomic E-state index is 4.82. The summed E-state index contributed by atoms with van der Waals surface area (Å²) in [5.74, 6) is 1.66. The van der Waals surface area contributed by atoms with Crippen molar-refractivity contribution in [1.82, 2.24) is 9.97 Å². The zero-order chi connectivity index (χ0) is 20.4. The Hall–Kier alpha value is -3.08. The first kappa shape index (κ1) is 19.2. The Labute approximate surface area is 173 Å². The van der Waals surface area contributed by atoms with Gasteiger partial charge in [-0.15, -0.1) is 0 Å². The van der Waals surface area contributed by atoms with Gasteiger partial charge in [0.25, 0.3) is 0 Å². The van der Waals surface area contributed by atoms with E-state index in [2.05, 4.69) is 78.4 Å². The number of aryl methyl sites for hydroxylation is 3. The van der Waals surface area contributed by atoms with Crippen LogP contribution in [0.15, 0.2) is 48.5 Å². The molecule has 1 N–H and O–H groups in total. The van der Waals surface area contributed by atoms with Crippen molar-refractivity contribution in [3.8, 4) is 0 Å². The van der Waals surface area contributed by atoms with E-state index >= 15 is 0 Å². The zero-order valence-electron chi connectivity index (χ0n) is 17.7. The minimum absolute atomic E-state index is 0.807. The standard InChI is InChI=1S/C24H29N5/c1-17-7-5-9-21(15-17)28-11-13-29(14-12-28)24-25-19(3)16-23(27-24)26-22-10-6-8-18(2)20(22)4/h5-10,15-16H,11-14H2,1-4H3,(H,25,26,27). The van der Waals surface area contributed by atoms with Crippen LogP contribution in [0.5, 0.6) is 0 Å². The van der Waals surface area contributed by atoms with Crippen LogP contribution in [0.3, 0.4) is 0 Å². The molecule has 5 nitrogen and oxygen atoms in total. The predicted molar refractivity (Wildman–Crippen MR) is 122 cm³/mol. The van der Waals surface area contributed by atoms with Crippen molar-refractivity contribution in [1.29, 1.82) is 0 Å². The fraction of sp³-hybridized carbons (Fsp3) is 0.333. The average molecular weight is 388 g/mol. The fourth-order valence-electron chi connectivity index (χ4n) is 3.77. The number of benzene rings is 2. The summed E-state index contributed by atoms with van der Waals surface area (Å²) in [4.78, 5) is 14.3. The van der Waals surface area contributed by atoms with Crippen LogP contribution in [0.25, 0.3) is 0 Å². The van der Waals surface area contributed by atoms with E-state index in [-0.39, 0.29) is 0 Å². The van der Waals surface area contributed by atoms with Crippen molar-refractivity contribution >= 4 is 23.1 Å². The van der Waals surface area contributed by atoms with Crippen molar-refractivity contribution in [2.75, 3.05) is 41.3 Å². The molecule has 0 aliphatic carbocycles. The Morgan fingerprint density at radius 2 is 1.52 bits per heavy atom. The lowest BCUT2D eigenvalue weighted by atomic mass is 10.1. The summed E-state index contributed by atoms with van der Waals surface area (Å²) in [6.45, 7) is 12.2. The van der Waals surface area contributed by atoms with Crippen LogP contribution >= 0.6 is 0 Å². The number of anilines is 4. The number of hydrogen-bond acceptors (Lipinski definition) is 5. The van der Waals surface area contributed by atoms with Crippen LogP contribution in [0.4, 0.5) is 23.1 Å². The molecule has 0 radical (unpaired) electrons. The van der Waals surface area contributed by atoms with Crippen molar-refractivity contribution < 1.29 is 0 Å². The Balaban J connectivity index is 1.49. The quantitative estimate of drug-likeness (QED) is 0.698. The number of nitrogens with zero attached hydrogens (tertiary/aromatic N) is 4. The molecule has 3 aromatic rings. The van der Waals surface area contributed by atoms with Crippen LogP contribution in [0.1, 0.15) is 22.4 Å². The van der Waals surface area contributed by atoms with E-state index in [1.165, 1.54) is 22.4 Å². The zero-order valence-corrected chi connectivity index (χ0v) is 17.7. The lowest BCUT2D eigenvalue weighted by molar-refractivity contribution is 0.639. The Morgan fingerprint density at radius 1 is 0.793 bits per heavy atom. The number of hydrogen-bond donors (Lipinski definition) is 1. The summed E-state index contributed by atoms with van der Waals surface area (Å²) in [6, 6.07) is 17.0. The second-order valence-electron chi connectivity index (χ2n) is 7.88. The second kappa shape index (κ2) is 8.11. The highest BCUT2D eigenvalue weighted by Gasteiger charge is 2.20. The SMILES string of the molecule is Cc1cccc(N2CCN(c3nc(C)cc(Nc4cccc(C)c4C)n3)CC2)c1. The molecular weight excluding hydrogens is 358 g/mol. The number of piperazine rings is 1. The minimum Gasteiger partial charge on any atom is -0.368 e. The van der Waals surface area contributed by atoms with Gasteiger partial charge in [0.2, 0.25) is 5.95 Å². The van der Waals surface area contributed by atoms with E-state index in [9.17, 15) is 0 Å². The number of rotatable bonds is 4. The van der Waals surface area contributed by atoms with Crippen LogP contribution in [-0.4, -0.2) is 36.1 Å². The van der Waals surface area contributed by atoms with Gasteiger partial charge < -0.3 is 15.1 Å².